The third-order valence-corrected chi connectivity index (χ3v) is 2.04. The minimum Gasteiger partial charge on any atom is -0.294 e. The number of hydrogen-bond donors (Lipinski definition) is 0. The van der Waals surface area contributed by atoms with Crippen LogP contribution >= 0.6 is 0 Å². The maximum atomic E-state index is 11.3. The molecule has 0 unspecified atom stereocenters. The highest BCUT2D eigenvalue weighted by Crippen LogP contribution is 2.19. The Labute approximate surface area is 81.7 Å². The Morgan fingerprint density at radius 3 is 2.57 bits per heavy atom. The van der Waals surface area contributed by atoms with Crippen LogP contribution in [0.3, 0.4) is 0 Å². The van der Waals surface area contributed by atoms with Crippen molar-refractivity contribution >= 4 is 11.5 Å². The molecule has 0 aliphatic rings. The van der Waals surface area contributed by atoms with Gasteiger partial charge in [-0.25, -0.2) is 0 Å². The predicted octanol–water partition coefficient (Wildman–Crippen LogP) is 2.50. The van der Waals surface area contributed by atoms with E-state index in [-0.39, 0.29) is 11.5 Å². The smallest absolute Gasteiger partial charge is 0.272 e. The van der Waals surface area contributed by atoms with Crippen LogP contribution < -0.4 is 0 Å². The first-order valence-corrected chi connectivity index (χ1v) is 4.34. The highest BCUT2D eigenvalue weighted by Gasteiger charge is 2.12. The highest BCUT2D eigenvalue weighted by atomic mass is 16.6. The van der Waals surface area contributed by atoms with E-state index >= 15 is 0 Å². The number of carbonyl (C=O) groups excluding carboxylic acids is 1. The van der Waals surface area contributed by atoms with Crippen LogP contribution in [0.2, 0.25) is 0 Å². The average Bonchev–Trinajstić information content (AvgIpc) is 2.15. The van der Waals surface area contributed by atoms with Crippen molar-refractivity contribution in [3.8, 4) is 0 Å². The first kappa shape index (κ1) is 10.4. The zero-order valence-corrected chi connectivity index (χ0v) is 8.11. The van der Waals surface area contributed by atoms with E-state index in [0.717, 1.165) is 0 Å². The minimum absolute atomic E-state index is 0.00278. The van der Waals surface area contributed by atoms with E-state index < -0.39 is 4.92 Å². The van der Waals surface area contributed by atoms with Crippen LogP contribution in [0.4, 0.5) is 5.69 Å². The van der Waals surface area contributed by atoms with Crippen molar-refractivity contribution in [3.63, 3.8) is 0 Å². The third kappa shape index (κ3) is 1.96. The number of carbonyl (C=O) groups is 1. The van der Waals surface area contributed by atoms with Gasteiger partial charge in [0, 0.05) is 23.6 Å². The second-order valence-corrected chi connectivity index (χ2v) is 3.04. The summed E-state index contributed by atoms with van der Waals surface area (Å²) < 4.78 is 0. The van der Waals surface area contributed by atoms with Gasteiger partial charge in [-0.15, -0.1) is 0 Å². The molecule has 0 heterocycles. The molecule has 0 amide bonds. The van der Waals surface area contributed by atoms with Gasteiger partial charge in [-0.3, -0.25) is 14.9 Å². The molecule has 1 rings (SSSR count). The maximum absolute atomic E-state index is 11.3. The average molecular weight is 193 g/mol. The Balaban J connectivity index is 3.12. The number of aryl methyl sites for hydroxylation is 1. The van der Waals surface area contributed by atoms with Gasteiger partial charge in [0.15, 0.2) is 5.78 Å². The molecule has 4 nitrogen and oxygen atoms in total. The van der Waals surface area contributed by atoms with E-state index in [0.29, 0.717) is 17.5 Å². The fraction of sp³-hybridized carbons (Fsp3) is 0.300. The number of nitro benzene ring substituents is 1. The van der Waals surface area contributed by atoms with Crippen LogP contribution in [-0.2, 0) is 0 Å². The van der Waals surface area contributed by atoms with Crippen LogP contribution in [0.25, 0.3) is 0 Å². The molecular weight excluding hydrogens is 182 g/mol. The largest absolute Gasteiger partial charge is 0.294 e. The maximum Gasteiger partial charge on any atom is 0.272 e. The van der Waals surface area contributed by atoms with Crippen LogP contribution in [-0.4, -0.2) is 10.7 Å². The molecule has 1 aromatic rings. The third-order valence-electron chi connectivity index (χ3n) is 2.04. The lowest BCUT2D eigenvalue weighted by Crippen LogP contribution is -1.99. The van der Waals surface area contributed by atoms with E-state index in [2.05, 4.69) is 0 Å². The molecule has 4 heteroatoms. The summed E-state index contributed by atoms with van der Waals surface area (Å²) in [6.07, 6.45) is 0.414. The fourth-order valence-electron chi connectivity index (χ4n) is 1.24. The van der Waals surface area contributed by atoms with E-state index in [9.17, 15) is 14.9 Å². The molecule has 0 bridgehead atoms. The zero-order valence-electron chi connectivity index (χ0n) is 8.11. The first-order chi connectivity index (χ1) is 6.56. The summed E-state index contributed by atoms with van der Waals surface area (Å²) >= 11 is 0. The Morgan fingerprint density at radius 2 is 2.14 bits per heavy atom. The van der Waals surface area contributed by atoms with Crippen molar-refractivity contribution in [2.24, 2.45) is 0 Å². The van der Waals surface area contributed by atoms with E-state index in [4.69, 9.17) is 0 Å². The Bertz CT molecular complexity index is 385. The highest BCUT2D eigenvalue weighted by molar-refractivity contribution is 5.96. The fourth-order valence-corrected chi connectivity index (χ4v) is 1.24. The van der Waals surface area contributed by atoms with Crippen molar-refractivity contribution in [1.29, 1.82) is 0 Å². The summed E-state index contributed by atoms with van der Waals surface area (Å²) in [5, 5.41) is 10.5. The molecule has 0 aromatic heterocycles. The molecule has 0 aliphatic heterocycles. The number of benzene rings is 1. The van der Waals surface area contributed by atoms with Crippen molar-refractivity contribution < 1.29 is 9.72 Å². The van der Waals surface area contributed by atoms with Gasteiger partial charge in [-0.05, 0) is 19.1 Å². The van der Waals surface area contributed by atoms with Crippen LogP contribution in [0, 0.1) is 17.0 Å². The van der Waals surface area contributed by atoms with Gasteiger partial charge in [0.25, 0.3) is 5.69 Å². The van der Waals surface area contributed by atoms with Crippen molar-refractivity contribution in [1.82, 2.24) is 0 Å². The van der Waals surface area contributed by atoms with Gasteiger partial charge < -0.3 is 0 Å². The topological polar surface area (TPSA) is 60.2 Å². The van der Waals surface area contributed by atoms with Gasteiger partial charge in [0.1, 0.15) is 0 Å². The first-order valence-electron chi connectivity index (χ1n) is 4.34. The second kappa shape index (κ2) is 4.00. The lowest BCUT2D eigenvalue weighted by atomic mass is 10.1. The summed E-state index contributed by atoms with van der Waals surface area (Å²) in [6, 6.07) is 4.43. The van der Waals surface area contributed by atoms with Crippen LogP contribution in [0.5, 0.6) is 0 Å². The van der Waals surface area contributed by atoms with Crippen LogP contribution in [0.15, 0.2) is 18.2 Å². The van der Waals surface area contributed by atoms with Gasteiger partial charge in [-0.1, -0.05) is 6.92 Å². The second-order valence-electron chi connectivity index (χ2n) is 3.04. The van der Waals surface area contributed by atoms with Crippen molar-refractivity contribution in [2.45, 2.75) is 20.3 Å². The molecule has 14 heavy (non-hydrogen) atoms. The standard InChI is InChI=1S/C10H11NO3/c1-3-10(12)8-4-5-9(11(13)14)7(2)6-8/h4-6H,3H2,1-2H3. The number of hydrogen-bond acceptors (Lipinski definition) is 3. The Kier molecular flexibility index (Phi) is 2.96. The molecule has 0 radical (unpaired) electrons. The van der Waals surface area contributed by atoms with Crippen LogP contribution in [0.1, 0.15) is 29.3 Å². The Hall–Kier alpha value is -1.71. The van der Waals surface area contributed by atoms with Crippen molar-refractivity contribution in [2.75, 3.05) is 0 Å². The van der Waals surface area contributed by atoms with Gasteiger partial charge in [-0.2, -0.15) is 0 Å². The molecule has 0 spiro atoms. The normalized spacial score (nSPS) is 9.86. The molecule has 0 fully saturated rings. The predicted molar refractivity (Wildman–Crippen MR) is 52.5 cm³/mol. The summed E-state index contributed by atoms with van der Waals surface area (Å²) in [5.74, 6) is 0.00278. The van der Waals surface area contributed by atoms with Crippen molar-refractivity contribution in [3.05, 3.63) is 39.4 Å². The molecule has 74 valence electrons. The summed E-state index contributed by atoms with van der Waals surface area (Å²) in [7, 11) is 0. The number of rotatable bonds is 3. The van der Waals surface area contributed by atoms with Gasteiger partial charge in [0.2, 0.25) is 0 Å². The molecular formula is C10H11NO3. The van der Waals surface area contributed by atoms with E-state index in [1.54, 1.807) is 19.9 Å². The number of Topliss-reactive ketones (excluding diaryl/α,β-unsaturated/α-hetero) is 1. The molecule has 0 saturated heterocycles. The molecule has 0 aliphatic carbocycles. The number of nitrogens with zero attached hydrogens (tertiary/aromatic N) is 1. The van der Waals surface area contributed by atoms with Gasteiger partial charge in [0.05, 0.1) is 4.92 Å². The Morgan fingerprint density at radius 1 is 1.50 bits per heavy atom. The summed E-state index contributed by atoms with van der Waals surface area (Å²) in [4.78, 5) is 21.3. The SMILES string of the molecule is CCC(=O)c1ccc([N+](=O)[O-])c(C)c1. The van der Waals surface area contributed by atoms with Gasteiger partial charge >= 0.3 is 0 Å². The number of ketones is 1. The lowest BCUT2D eigenvalue weighted by molar-refractivity contribution is -0.385. The molecule has 0 atom stereocenters. The van der Waals surface area contributed by atoms with E-state index in [1.807, 2.05) is 0 Å². The van der Waals surface area contributed by atoms with E-state index in [1.165, 1.54) is 12.1 Å². The molecule has 1 aromatic carbocycles. The summed E-state index contributed by atoms with van der Waals surface area (Å²) in [5.41, 5.74) is 1.11. The summed E-state index contributed by atoms with van der Waals surface area (Å²) in [6.45, 7) is 3.39. The molecule has 0 saturated carbocycles. The lowest BCUT2D eigenvalue weighted by Gasteiger charge is -2.00. The zero-order chi connectivity index (χ0) is 10.7. The monoisotopic (exact) mass is 193 g/mol. The number of nitro groups is 1. The molecule has 0 N–H and O–H groups in total. The minimum atomic E-state index is -0.449. The quantitative estimate of drug-likeness (QED) is 0.421.